The molecule has 0 aromatic carbocycles. The molecule has 1 fully saturated rings. The van der Waals surface area contributed by atoms with Gasteiger partial charge in [0.2, 0.25) is 17.7 Å². The minimum atomic E-state index is -1.06. The van der Waals surface area contributed by atoms with Crippen LogP contribution >= 0.6 is 11.8 Å². The number of carboxylic acids is 1. The molecule has 0 aromatic heterocycles. The van der Waals surface area contributed by atoms with Gasteiger partial charge in [0.05, 0.1) is 6.04 Å². The molecule has 0 saturated carbocycles. The Morgan fingerprint density at radius 1 is 1.06 bits per heavy atom. The van der Waals surface area contributed by atoms with E-state index >= 15 is 0 Å². The lowest BCUT2D eigenvalue weighted by molar-refractivity contribution is -0.149. The smallest absolute Gasteiger partial charge is 0.326 e. The minimum absolute atomic E-state index is 0.0427. The molecule has 0 aromatic rings. The number of aliphatic imine (C=N–C) groups is 1. The molecule has 1 rings (SSSR count). The predicted molar refractivity (Wildman–Crippen MR) is 140 cm³/mol. The number of carbonyl (C=O) groups is 4. The topological polar surface area (TPSA) is 232 Å². The Kier molecular flexibility index (Phi) is 14.8. The maximum Gasteiger partial charge on any atom is 0.326 e. The number of thioether (sulfide) groups is 1. The number of likely N-dealkylation sites (tertiary alicyclic amines) is 1. The van der Waals surface area contributed by atoms with E-state index in [2.05, 4.69) is 15.6 Å². The second kappa shape index (κ2) is 17.0. The van der Waals surface area contributed by atoms with Crippen LogP contribution in [0.5, 0.6) is 0 Å². The molecule has 0 radical (unpaired) electrons. The van der Waals surface area contributed by atoms with Crippen molar-refractivity contribution in [3.63, 3.8) is 0 Å². The van der Waals surface area contributed by atoms with Crippen molar-refractivity contribution < 1.29 is 24.3 Å². The Morgan fingerprint density at radius 3 is 2.36 bits per heavy atom. The number of amides is 3. The highest BCUT2D eigenvalue weighted by Crippen LogP contribution is 2.20. The summed E-state index contributed by atoms with van der Waals surface area (Å²) in [6, 6.07) is -3.57. The summed E-state index contributed by atoms with van der Waals surface area (Å²) < 4.78 is 0. The second-order valence-corrected chi connectivity index (χ2v) is 9.76. The summed E-state index contributed by atoms with van der Waals surface area (Å²) in [6.45, 7) is 1.09. The third-order valence-electron chi connectivity index (χ3n) is 5.93. The highest BCUT2D eigenvalue weighted by Gasteiger charge is 2.38. The van der Waals surface area contributed by atoms with Crippen LogP contribution in [0.1, 0.15) is 51.4 Å². The fourth-order valence-electron chi connectivity index (χ4n) is 3.94. The number of nitrogens with two attached hydrogens (primary N) is 4. The van der Waals surface area contributed by atoms with E-state index in [9.17, 15) is 24.3 Å². The normalized spacial score (nSPS) is 17.6. The van der Waals surface area contributed by atoms with Gasteiger partial charge in [-0.3, -0.25) is 19.4 Å². The average Bonchev–Trinajstić information content (AvgIpc) is 3.33. The van der Waals surface area contributed by atoms with Crippen LogP contribution in [0.2, 0.25) is 0 Å². The third-order valence-corrected chi connectivity index (χ3v) is 6.57. The van der Waals surface area contributed by atoms with Crippen LogP contribution in [-0.4, -0.2) is 95.5 Å². The van der Waals surface area contributed by atoms with Crippen molar-refractivity contribution in [3.05, 3.63) is 0 Å². The molecule has 14 heteroatoms. The van der Waals surface area contributed by atoms with Gasteiger partial charge in [0.15, 0.2) is 5.96 Å². The summed E-state index contributed by atoms with van der Waals surface area (Å²) >= 11 is 1.51. The lowest BCUT2D eigenvalue weighted by Gasteiger charge is -2.29. The molecular weight excluding hydrogens is 488 g/mol. The van der Waals surface area contributed by atoms with Gasteiger partial charge in [0.1, 0.15) is 18.1 Å². The number of guanidine groups is 1. The summed E-state index contributed by atoms with van der Waals surface area (Å²) in [5.41, 5.74) is 22.1. The van der Waals surface area contributed by atoms with Crippen molar-refractivity contribution in [2.75, 3.05) is 31.6 Å². The Bertz CT molecular complexity index is 765. The summed E-state index contributed by atoms with van der Waals surface area (Å²) in [5.74, 6) is -1.95. The van der Waals surface area contributed by atoms with Crippen molar-refractivity contribution in [3.8, 4) is 0 Å². The van der Waals surface area contributed by atoms with E-state index in [0.717, 1.165) is 0 Å². The monoisotopic (exact) mass is 530 g/mol. The first-order valence-electron chi connectivity index (χ1n) is 12.3. The van der Waals surface area contributed by atoms with Gasteiger partial charge >= 0.3 is 5.97 Å². The summed E-state index contributed by atoms with van der Waals surface area (Å²) in [7, 11) is 0. The highest BCUT2D eigenvalue weighted by molar-refractivity contribution is 7.98. The number of hydrogen-bond acceptors (Lipinski definition) is 8. The van der Waals surface area contributed by atoms with Crippen molar-refractivity contribution >= 4 is 41.4 Å². The molecule has 206 valence electrons. The van der Waals surface area contributed by atoms with Crippen molar-refractivity contribution in [1.29, 1.82) is 0 Å². The fraction of sp³-hybridized carbons (Fsp3) is 0.773. The van der Waals surface area contributed by atoms with E-state index in [1.54, 1.807) is 0 Å². The van der Waals surface area contributed by atoms with Crippen LogP contribution in [0.3, 0.4) is 0 Å². The molecule has 1 saturated heterocycles. The average molecular weight is 531 g/mol. The molecule has 0 spiro atoms. The molecule has 4 unspecified atom stereocenters. The molecule has 1 aliphatic heterocycles. The van der Waals surface area contributed by atoms with Crippen molar-refractivity contribution in [2.24, 2.45) is 27.9 Å². The largest absolute Gasteiger partial charge is 0.480 e. The molecule has 0 bridgehead atoms. The first-order valence-corrected chi connectivity index (χ1v) is 13.7. The summed E-state index contributed by atoms with van der Waals surface area (Å²) in [6.07, 6.45) is 5.56. The lowest BCUT2D eigenvalue weighted by Crippen LogP contribution is -2.57. The standard InChI is InChI=1S/C22H42N8O5S/c1-36-13-9-16(20(33)30-12-5-8-17(30)21(34)35)29-19(32)15(7-2-3-10-23)28-18(31)14(24)6-4-11-27-22(25)26/h14-17H,2-13,23-24H2,1H3,(H,28,31)(H,29,32)(H,34,35)(H4,25,26,27). The fourth-order valence-corrected chi connectivity index (χ4v) is 4.42. The van der Waals surface area contributed by atoms with E-state index in [1.165, 1.54) is 16.7 Å². The van der Waals surface area contributed by atoms with E-state index in [0.29, 0.717) is 76.8 Å². The van der Waals surface area contributed by atoms with Gasteiger partial charge in [-0.25, -0.2) is 4.79 Å². The van der Waals surface area contributed by atoms with Crippen molar-refractivity contribution in [2.45, 2.75) is 75.5 Å². The zero-order chi connectivity index (χ0) is 27.1. The maximum atomic E-state index is 13.2. The number of nitrogens with one attached hydrogen (secondary N) is 2. The van der Waals surface area contributed by atoms with Crippen LogP contribution in [0.25, 0.3) is 0 Å². The molecular formula is C22H42N8O5S. The molecule has 36 heavy (non-hydrogen) atoms. The zero-order valence-corrected chi connectivity index (χ0v) is 21.8. The molecule has 1 heterocycles. The Labute approximate surface area is 216 Å². The summed E-state index contributed by atoms with van der Waals surface area (Å²) in [5, 5.41) is 14.9. The van der Waals surface area contributed by atoms with Crippen LogP contribution in [0, 0.1) is 0 Å². The number of rotatable bonds is 17. The maximum absolute atomic E-state index is 13.2. The van der Waals surface area contributed by atoms with Crippen LogP contribution < -0.4 is 33.6 Å². The SMILES string of the molecule is CSCCC(NC(=O)C(CCCCN)NC(=O)C(N)CCCN=C(N)N)C(=O)N1CCCC1C(=O)O. The van der Waals surface area contributed by atoms with E-state index in [-0.39, 0.29) is 5.96 Å². The van der Waals surface area contributed by atoms with Crippen LogP contribution in [0.4, 0.5) is 0 Å². The van der Waals surface area contributed by atoms with E-state index in [4.69, 9.17) is 22.9 Å². The lowest BCUT2D eigenvalue weighted by atomic mass is 10.1. The molecule has 3 amide bonds. The van der Waals surface area contributed by atoms with Crippen molar-refractivity contribution in [1.82, 2.24) is 15.5 Å². The van der Waals surface area contributed by atoms with Gasteiger partial charge in [-0.05, 0) is 69.9 Å². The second-order valence-electron chi connectivity index (χ2n) is 8.77. The number of carbonyl (C=O) groups excluding carboxylic acids is 3. The molecule has 0 aliphatic carbocycles. The number of hydrogen-bond donors (Lipinski definition) is 7. The Balaban J connectivity index is 2.89. The van der Waals surface area contributed by atoms with Gasteiger partial charge in [0, 0.05) is 13.1 Å². The first-order chi connectivity index (χ1) is 17.1. The number of aliphatic carboxylic acids is 1. The molecule has 11 N–H and O–H groups in total. The van der Waals surface area contributed by atoms with Crippen LogP contribution in [-0.2, 0) is 19.2 Å². The van der Waals surface area contributed by atoms with E-state index < -0.39 is 47.9 Å². The zero-order valence-electron chi connectivity index (χ0n) is 21.0. The molecule has 1 aliphatic rings. The van der Waals surface area contributed by atoms with Gasteiger partial charge in [-0.15, -0.1) is 0 Å². The molecule has 13 nitrogen and oxygen atoms in total. The number of nitrogens with zero attached hydrogens (tertiary/aromatic N) is 2. The Morgan fingerprint density at radius 2 is 1.75 bits per heavy atom. The minimum Gasteiger partial charge on any atom is -0.480 e. The van der Waals surface area contributed by atoms with Gasteiger partial charge in [0.25, 0.3) is 0 Å². The number of unbranched alkanes of at least 4 members (excludes halogenated alkanes) is 1. The molecule has 4 atom stereocenters. The highest BCUT2D eigenvalue weighted by atomic mass is 32.2. The van der Waals surface area contributed by atoms with Gasteiger partial charge < -0.3 is 43.6 Å². The number of carboxylic acid groups (broad SMARTS) is 1. The van der Waals surface area contributed by atoms with Crippen LogP contribution in [0.15, 0.2) is 4.99 Å². The quantitative estimate of drug-likeness (QED) is 0.0639. The van der Waals surface area contributed by atoms with Gasteiger partial charge in [-0.1, -0.05) is 0 Å². The predicted octanol–water partition coefficient (Wildman–Crippen LogP) is -1.71. The third kappa shape index (κ3) is 11.0. The summed E-state index contributed by atoms with van der Waals surface area (Å²) in [4.78, 5) is 55.8. The first kappa shape index (κ1) is 31.4. The van der Waals surface area contributed by atoms with E-state index in [1.807, 2.05) is 6.26 Å². The Hall–Kier alpha value is -2.58. The van der Waals surface area contributed by atoms with Gasteiger partial charge in [-0.2, -0.15) is 11.8 Å².